The quantitative estimate of drug-likeness (QED) is 0.642. The van der Waals surface area contributed by atoms with Gasteiger partial charge >= 0.3 is 0 Å². The van der Waals surface area contributed by atoms with Crippen molar-refractivity contribution in [3.8, 4) is 0 Å². The molecule has 0 saturated heterocycles. The maximum Gasteiger partial charge on any atom is 0.267 e. The summed E-state index contributed by atoms with van der Waals surface area (Å²) in [5, 5.41) is 7.65. The molecule has 4 rings (SSSR count). The van der Waals surface area contributed by atoms with E-state index < -0.39 is 11.6 Å². The van der Waals surface area contributed by atoms with Crippen LogP contribution in [-0.2, 0) is 17.8 Å². The molecule has 2 N–H and O–H groups in total. The van der Waals surface area contributed by atoms with Crippen LogP contribution in [0.25, 0.3) is 0 Å². The van der Waals surface area contributed by atoms with Gasteiger partial charge in [-0.3, -0.25) is 19.8 Å². The zero-order valence-corrected chi connectivity index (χ0v) is 16.7. The maximum absolute atomic E-state index is 13.7. The average Bonchev–Trinajstić information content (AvgIpc) is 3.33. The molecule has 150 valence electrons. The summed E-state index contributed by atoms with van der Waals surface area (Å²) in [4.78, 5) is 32.4. The fraction of sp³-hybridized carbons (Fsp3) is 0.211. The highest BCUT2D eigenvalue weighted by atomic mass is 32.1. The maximum atomic E-state index is 13.7. The molecule has 6 nitrogen and oxygen atoms in total. The highest BCUT2D eigenvalue weighted by molar-refractivity contribution is 7.16. The second-order valence-electron chi connectivity index (χ2n) is 6.45. The Bertz CT molecular complexity index is 1050. The summed E-state index contributed by atoms with van der Waals surface area (Å²) in [6.07, 6.45) is 0.652. The summed E-state index contributed by atoms with van der Waals surface area (Å²) < 4.78 is 26.7. The second kappa shape index (κ2) is 8.36. The highest BCUT2D eigenvalue weighted by Gasteiger charge is 2.23. The molecule has 1 aliphatic rings. The average molecular weight is 434 g/mol. The van der Waals surface area contributed by atoms with Crippen LogP contribution >= 0.6 is 22.7 Å². The van der Waals surface area contributed by atoms with E-state index in [2.05, 4.69) is 15.6 Å². The summed E-state index contributed by atoms with van der Waals surface area (Å²) in [7, 11) is 0. The number of carbonyl (C=O) groups excluding carboxylic acids is 2. The number of benzene rings is 1. The first-order valence-electron chi connectivity index (χ1n) is 8.78. The second-order valence-corrected chi connectivity index (χ2v) is 8.48. The van der Waals surface area contributed by atoms with E-state index in [1.165, 1.54) is 28.7 Å². The van der Waals surface area contributed by atoms with Gasteiger partial charge in [-0.1, -0.05) is 6.07 Å². The summed E-state index contributed by atoms with van der Waals surface area (Å²) in [6.45, 7) is 1.21. The van der Waals surface area contributed by atoms with Gasteiger partial charge in [0.2, 0.25) is 5.91 Å². The lowest BCUT2D eigenvalue weighted by molar-refractivity contribution is -0.117. The summed E-state index contributed by atoms with van der Waals surface area (Å²) in [5.74, 6) is -2.08. The number of carbonyl (C=O) groups is 2. The minimum Gasteiger partial charge on any atom is -0.322 e. The van der Waals surface area contributed by atoms with Gasteiger partial charge in [-0.25, -0.2) is 13.8 Å². The molecule has 1 aliphatic heterocycles. The van der Waals surface area contributed by atoms with Crippen molar-refractivity contribution in [2.45, 2.75) is 13.0 Å². The molecule has 0 unspecified atom stereocenters. The van der Waals surface area contributed by atoms with E-state index >= 15 is 0 Å². The van der Waals surface area contributed by atoms with E-state index in [9.17, 15) is 18.4 Å². The topological polar surface area (TPSA) is 74.3 Å². The largest absolute Gasteiger partial charge is 0.322 e. The smallest absolute Gasteiger partial charge is 0.267 e. The van der Waals surface area contributed by atoms with E-state index in [1.807, 2.05) is 16.3 Å². The SMILES string of the molecule is O=C(CN1CCc2nc(NC(=O)c3cccs3)sc2C1)Nc1ccc(F)cc1F. The lowest BCUT2D eigenvalue weighted by atomic mass is 10.2. The van der Waals surface area contributed by atoms with Gasteiger partial charge in [0.1, 0.15) is 11.6 Å². The number of nitrogens with one attached hydrogen (secondary N) is 2. The number of thiophene rings is 1. The molecule has 0 atom stereocenters. The van der Waals surface area contributed by atoms with Crippen LogP contribution in [0.4, 0.5) is 19.6 Å². The number of anilines is 2. The Morgan fingerprint density at radius 1 is 1.21 bits per heavy atom. The molecule has 0 fully saturated rings. The monoisotopic (exact) mass is 434 g/mol. The molecule has 3 heterocycles. The van der Waals surface area contributed by atoms with Crippen LogP contribution in [0.15, 0.2) is 35.7 Å². The van der Waals surface area contributed by atoms with Gasteiger partial charge in [0.25, 0.3) is 5.91 Å². The highest BCUT2D eigenvalue weighted by Crippen LogP contribution is 2.29. The molecule has 1 aromatic carbocycles. The van der Waals surface area contributed by atoms with Crippen LogP contribution in [0.5, 0.6) is 0 Å². The molecule has 0 radical (unpaired) electrons. The number of hydrogen-bond acceptors (Lipinski definition) is 6. The summed E-state index contributed by atoms with van der Waals surface area (Å²) in [6, 6.07) is 6.58. The Morgan fingerprint density at radius 2 is 2.07 bits per heavy atom. The summed E-state index contributed by atoms with van der Waals surface area (Å²) >= 11 is 2.75. The first-order valence-corrected chi connectivity index (χ1v) is 10.5. The van der Waals surface area contributed by atoms with Crippen molar-refractivity contribution in [3.63, 3.8) is 0 Å². The number of fused-ring (bicyclic) bond motifs is 1. The minimum absolute atomic E-state index is 0.0505. The molecule has 2 amide bonds. The van der Waals surface area contributed by atoms with Crippen molar-refractivity contribution in [2.75, 3.05) is 23.7 Å². The van der Waals surface area contributed by atoms with Crippen molar-refractivity contribution < 1.29 is 18.4 Å². The van der Waals surface area contributed by atoms with Crippen molar-refractivity contribution in [1.82, 2.24) is 9.88 Å². The fourth-order valence-corrected chi connectivity index (χ4v) is 4.65. The van der Waals surface area contributed by atoms with Crippen LogP contribution in [0, 0.1) is 11.6 Å². The van der Waals surface area contributed by atoms with Crippen molar-refractivity contribution in [2.24, 2.45) is 0 Å². The Hall–Kier alpha value is -2.69. The van der Waals surface area contributed by atoms with Gasteiger partial charge in [-0.05, 0) is 23.6 Å². The number of amides is 2. The molecule has 0 spiro atoms. The van der Waals surface area contributed by atoms with Crippen molar-refractivity contribution in [3.05, 3.63) is 62.8 Å². The van der Waals surface area contributed by atoms with Gasteiger partial charge in [0, 0.05) is 30.5 Å². The third-order valence-electron chi connectivity index (χ3n) is 4.35. The number of rotatable bonds is 5. The fourth-order valence-electron chi connectivity index (χ4n) is 2.99. The van der Waals surface area contributed by atoms with Crippen LogP contribution in [-0.4, -0.2) is 34.8 Å². The Kier molecular flexibility index (Phi) is 5.65. The first kappa shape index (κ1) is 19.6. The molecule has 3 aromatic rings. The van der Waals surface area contributed by atoms with Gasteiger partial charge in [0.15, 0.2) is 5.13 Å². The third-order valence-corrected chi connectivity index (χ3v) is 6.21. The van der Waals surface area contributed by atoms with Crippen LogP contribution < -0.4 is 10.6 Å². The molecule has 0 bridgehead atoms. The van der Waals surface area contributed by atoms with Gasteiger partial charge in [-0.2, -0.15) is 0 Å². The van der Waals surface area contributed by atoms with E-state index in [-0.39, 0.29) is 24.0 Å². The number of hydrogen-bond donors (Lipinski definition) is 2. The molecular formula is C19H16F2N4O2S2. The zero-order chi connectivity index (χ0) is 20.4. The molecule has 2 aromatic heterocycles. The van der Waals surface area contributed by atoms with E-state index in [0.717, 1.165) is 22.7 Å². The number of aromatic nitrogens is 1. The zero-order valence-electron chi connectivity index (χ0n) is 15.1. The third kappa shape index (κ3) is 4.66. The van der Waals surface area contributed by atoms with Gasteiger partial charge in [0.05, 0.1) is 22.8 Å². The number of thiazole rings is 1. The molecule has 0 aliphatic carbocycles. The first-order chi connectivity index (χ1) is 14.0. The molecule has 0 saturated carbocycles. The van der Waals surface area contributed by atoms with E-state index in [4.69, 9.17) is 0 Å². The van der Waals surface area contributed by atoms with Crippen molar-refractivity contribution in [1.29, 1.82) is 0 Å². The lowest BCUT2D eigenvalue weighted by Gasteiger charge is -2.25. The van der Waals surface area contributed by atoms with E-state index in [0.29, 0.717) is 29.5 Å². The Balaban J connectivity index is 1.35. The normalized spacial score (nSPS) is 13.7. The predicted molar refractivity (Wildman–Crippen MR) is 108 cm³/mol. The summed E-state index contributed by atoms with van der Waals surface area (Å²) in [5.41, 5.74) is 0.864. The van der Waals surface area contributed by atoms with Crippen molar-refractivity contribution >= 4 is 45.3 Å². The minimum atomic E-state index is -0.812. The number of halogens is 2. The number of nitrogens with zero attached hydrogens (tertiary/aromatic N) is 2. The standard InChI is InChI=1S/C19H16F2N4O2S2/c20-11-3-4-13(12(21)8-11)22-17(26)10-25-6-5-14-16(9-25)29-19(23-14)24-18(27)15-2-1-7-28-15/h1-4,7-8H,5-6,9-10H2,(H,22,26)(H,23,24,27). The predicted octanol–water partition coefficient (Wildman–Crippen LogP) is 3.73. The van der Waals surface area contributed by atoms with Crippen LogP contribution in [0.2, 0.25) is 0 Å². The van der Waals surface area contributed by atoms with Crippen LogP contribution in [0.1, 0.15) is 20.2 Å². The molecule has 10 heteroatoms. The van der Waals surface area contributed by atoms with E-state index in [1.54, 1.807) is 6.07 Å². The molecule has 29 heavy (non-hydrogen) atoms. The Labute approximate surface area is 173 Å². The molecular weight excluding hydrogens is 418 g/mol. The van der Waals surface area contributed by atoms with Gasteiger partial charge in [-0.15, -0.1) is 22.7 Å². The van der Waals surface area contributed by atoms with Crippen LogP contribution in [0.3, 0.4) is 0 Å². The van der Waals surface area contributed by atoms with Gasteiger partial charge < -0.3 is 5.32 Å². The Morgan fingerprint density at radius 3 is 2.83 bits per heavy atom. The lowest BCUT2D eigenvalue weighted by Crippen LogP contribution is -2.36.